The maximum atomic E-state index is 13.1. The number of amides is 3. The molecule has 0 spiro atoms. The van der Waals surface area contributed by atoms with Crippen molar-refractivity contribution in [1.82, 2.24) is 10.2 Å². The molecule has 0 heterocycles. The molecule has 2 aliphatic carbocycles. The molecule has 3 amide bonds. The fourth-order valence-corrected chi connectivity index (χ4v) is 5.64. The van der Waals surface area contributed by atoms with Gasteiger partial charge in [-0.2, -0.15) is 0 Å². The summed E-state index contributed by atoms with van der Waals surface area (Å²) in [6.07, 6.45) is 8.95. The van der Waals surface area contributed by atoms with Crippen LogP contribution in [0.25, 0.3) is 0 Å². The lowest BCUT2D eigenvalue weighted by molar-refractivity contribution is -0.140. The van der Waals surface area contributed by atoms with Gasteiger partial charge in [-0.1, -0.05) is 32.1 Å². The average Bonchev–Trinajstić information content (AvgIpc) is 3.30. The Morgan fingerprint density at radius 3 is 2.24 bits per heavy atom. The maximum Gasteiger partial charge on any atom is 0.242 e. The molecule has 2 saturated carbocycles. The fourth-order valence-electron chi connectivity index (χ4n) is 4.75. The van der Waals surface area contributed by atoms with Gasteiger partial charge in [0.2, 0.25) is 17.7 Å². The van der Waals surface area contributed by atoms with Crippen LogP contribution in [0.3, 0.4) is 0 Å². The van der Waals surface area contributed by atoms with Crippen molar-refractivity contribution in [2.24, 2.45) is 0 Å². The molecule has 182 valence electrons. The van der Waals surface area contributed by atoms with Crippen LogP contribution in [0, 0.1) is 5.82 Å². The molecule has 2 fully saturated rings. The van der Waals surface area contributed by atoms with Crippen LogP contribution in [0.4, 0.5) is 10.1 Å². The third-order valence-corrected chi connectivity index (χ3v) is 7.61. The monoisotopic (exact) mass is 479 g/mol. The van der Waals surface area contributed by atoms with Gasteiger partial charge in [-0.15, -0.1) is 0 Å². The van der Waals surface area contributed by atoms with E-state index in [0.717, 1.165) is 51.4 Å². The van der Waals surface area contributed by atoms with Crippen molar-refractivity contribution in [3.8, 4) is 0 Å². The molecule has 2 aliphatic rings. The zero-order valence-corrected chi connectivity index (χ0v) is 20.0. The van der Waals surface area contributed by atoms with Crippen LogP contribution in [0.1, 0.15) is 64.7 Å². The van der Waals surface area contributed by atoms with Crippen LogP contribution in [0.2, 0.25) is 0 Å². The first-order valence-corrected chi connectivity index (χ1v) is 13.3. The van der Waals surface area contributed by atoms with Crippen molar-refractivity contribution in [3.63, 3.8) is 0 Å². The standard InChI is InChI=1S/C24H34FN3O4S/c1-17(24(31)27-19-7-3-2-4-8-19)28(21-9-5-6-10-21)23(30)16-33(32)15-22(29)26-20-13-11-18(25)12-14-20/h11-14,17,19,21H,2-10,15-16H2,1H3,(H,26,29)(H,27,31). The molecule has 0 aliphatic heterocycles. The smallest absolute Gasteiger partial charge is 0.242 e. The third-order valence-electron chi connectivity index (χ3n) is 6.46. The lowest BCUT2D eigenvalue weighted by Crippen LogP contribution is -2.54. The van der Waals surface area contributed by atoms with Crippen molar-refractivity contribution in [1.29, 1.82) is 0 Å². The molecule has 2 unspecified atom stereocenters. The predicted molar refractivity (Wildman–Crippen MR) is 126 cm³/mol. The Balaban J connectivity index is 1.57. The molecule has 9 heteroatoms. The van der Waals surface area contributed by atoms with E-state index in [4.69, 9.17) is 0 Å². The molecule has 0 aromatic heterocycles. The molecular weight excluding hydrogens is 445 g/mol. The van der Waals surface area contributed by atoms with Crippen LogP contribution >= 0.6 is 0 Å². The number of hydrogen-bond donors (Lipinski definition) is 2. The highest BCUT2D eigenvalue weighted by Crippen LogP contribution is 2.26. The van der Waals surface area contributed by atoms with Crippen molar-refractivity contribution < 1.29 is 23.0 Å². The number of hydrogen-bond acceptors (Lipinski definition) is 4. The van der Waals surface area contributed by atoms with E-state index in [9.17, 15) is 23.0 Å². The van der Waals surface area contributed by atoms with E-state index in [1.165, 1.54) is 30.7 Å². The molecule has 3 rings (SSSR count). The molecule has 1 aromatic rings. The van der Waals surface area contributed by atoms with Gasteiger partial charge >= 0.3 is 0 Å². The minimum Gasteiger partial charge on any atom is -0.352 e. The predicted octanol–water partition coefficient (Wildman–Crippen LogP) is 3.12. The van der Waals surface area contributed by atoms with E-state index in [1.54, 1.807) is 11.8 Å². The van der Waals surface area contributed by atoms with Gasteiger partial charge < -0.3 is 15.5 Å². The highest BCUT2D eigenvalue weighted by Gasteiger charge is 2.35. The molecular formula is C24H34FN3O4S. The van der Waals surface area contributed by atoms with E-state index < -0.39 is 28.6 Å². The lowest BCUT2D eigenvalue weighted by Gasteiger charge is -2.35. The van der Waals surface area contributed by atoms with Gasteiger partial charge in [-0.05, 0) is 56.9 Å². The summed E-state index contributed by atoms with van der Waals surface area (Å²) in [5.41, 5.74) is 0.394. The number of anilines is 1. The Morgan fingerprint density at radius 1 is 1.00 bits per heavy atom. The quantitative estimate of drug-likeness (QED) is 0.569. The van der Waals surface area contributed by atoms with E-state index in [1.807, 2.05) is 0 Å². The first-order chi connectivity index (χ1) is 15.8. The summed E-state index contributed by atoms with van der Waals surface area (Å²) < 4.78 is 25.6. The Morgan fingerprint density at radius 2 is 1.61 bits per heavy atom. The lowest BCUT2D eigenvalue weighted by atomic mass is 9.95. The minimum absolute atomic E-state index is 0.0466. The van der Waals surface area contributed by atoms with E-state index in [0.29, 0.717) is 5.69 Å². The summed E-state index contributed by atoms with van der Waals surface area (Å²) in [5.74, 6) is -2.11. The van der Waals surface area contributed by atoms with Gasteiger partial charge in [0.1, 0.15) is 23.4 Å². The summed E-state index contributed by atoms with van der Waals surface area (Å²) in [7, 11) is -1.72. The first kappa shape index (κ1) is 25.3. The number of carbonyl (C=O) groups is 3. The fraction of sp³-hybridized carbons (Fsp3) is 0.625. The van der Waals surface area contributed by atoms with Crippen molar-refractivity contribution in [2.75, 3.05) is 16.8 Å². The third kappa shape index (κ3) is 7.62. The van der Waals surface area contributed by atoms with Crippen LogP contribution < -0.4 is 10.6 Å². The number of halogens is 1. The van der Waals surface area contributed by atoms with Gasteiger partial charge in [0.15, 0.2) is 0 Å². The van der Waals surface area contributed by atoms with E-state index in [-0.39, 0.29) is 35.4 Å². The highest BCUT2D eigenvalue weighted by molar-refractivity contribution is 7.86. The van der Waals surface area contributed by atoms with Gasteiger partial charge in [0.25, 0.3) is 0 Å². The molecule has 0 saturated heterocycles. The van der Waals surface area contributed by atoms with Gasteiger partial charge in [-0.3, -0.25) is 18.6 Å². The first-order valence-electron chi connectivity index (χ1n) is 11.9. The summed E-state index contributed by atoms with van der Waals surface area (Å²) in [6.45, 7) is 1.73. The molecule has 1 aromatic carbocycles. The zero-order chi connectivity index (χ0) is 23.8. The molecule has 2 atom stereocenters. The van der Waals surface area contributed by atoms with Gasteiger partial charge in [0.05, 0.1) is 0 Å². The minimum atomic E-state index is -1.72. The molecule has 33 heavy (non-hydrogen) atoms. The average molecular weight is 480 g/mol. The van der Waals surface area contributed by atoms with Gasteiger partial charge in [-0.25, -0.2) is 4.39 Å². The number of nitrogens with one attached hydrogen (secondary N) is 2. The van der Waals surface area contributed by atoms with Crippen LogP contribution in [0.15, 0.2) is 24.3 Å². The second kappa shape index (κ2) is 12.3. The van der Waals surface area contributed by atoms with Crippen molar-refractivity contribution >= 4 is 34.2 Å². The summed E-state index contributed by atoms with van der Waals surface area (Å²) in [6, 6.07) is 4.72. The van der Waals surface area contributed by atoms with Crippen LogP contribution in [-0.4, -0.2) is 56.5 Å². The highest BCUT2D eigenvalue weighted by atomic mass is 32.2. The Labute approximate surface area is 197 Å². The second-order valence-electron chi connectivity index (χ2n) is 9.04. The number of rotatable bonds is 9. The summed E-state index contributed by atoms with van der Waals surface area (Å²) in [4.78, 5) is 39.9. The molecule has 7 nitrogen and oxygen atoms in total. The second-order valence-corrected chi connectivity index (χ2v) is 10.5. The zero-order valence-electron chi connectivity index (χ0n) is 19.2. The van der Waals surface area contributed by atoms with E-state index >= 15 is 0 Å². The van der Waals surface area contributed by atoms with Crippen molar-refractivity contribution in [2.45, 2.75) is 82.8 Å². The molecule has 0 bridgehead atoms. The largest absolute Gasteiger partial charge is 0.352 e. The van der Waals surface area contributed by atoms with E-state index in [2.05, 4.69) is 10.6 Å². The van der Waals surface area contributed by atoms with Gasteiger partial charge in [0, 0.05) is 28.6 Å². The van der Waals surface area contributed by atoms with Crippen molar-refractivity contribution in [3.05, 3.63) is 30.1 Å². The maximum absolute atomic E-state index is 13.1. The SMILES string of the molecule is CC(C(=O)NC1CCCCC1)N(C(=O)CS(=O)CC(=O)Nc1ccc(F)cc1)C1CCCC1. The Kier molecular flexibility index (Phi) is 9.41. The van der Waals surface area contributed by atoms with Crippen LogP contribution in [0.5, 0.6) is 0 Å². The summed E-state index contributed by atoms with van der Waals surface area (Å²) in [5, 5.41) is 5.65. The number of carbonyl (C=O) groups excluding carboxylic acids is 3. The Hall–Kier alpha value is -2.29. The number of nitrogens with zero attached hydrogens (tertiary/aromatic N) is 1. The van der Waals surface area contributed by atoms with Crippen LogP contribution in [-0.2, 0) is 25.2 Å². The normalized spacial score (nSPS) is 19.0. The molecule has 0 radical (unpaired) electrons. The Bertz CT molecular complexity index is 852. The topological polar surface area (TPSA) is 95.6 Å². The summed E-state index contributed by atoms with van der Waals surface area (Å²) >= 11 is 0. The number of benzene rings is 1. The molecule has 2 N–H and O–H groups in total.